The summed E-state index contributed by atoms with van der Waals surface area (Å²) in [5, 5.41) is 6.48. The third kappa shape index (κ3) is 4.49. The first kappa shape index (κ1) is 14.7. The second kappa shape index (κ2) is 7.16. The molecule has 1 aromatic heterocycles. The van der Waals surface area contributed by atoms with Crippen LogP contribution in [0.1, 0.15) is 26.3 Å². The van der Waals surface area contributed by atoms with Crippen LogP contribution in [0.2, 0.25) is 0 Å². The minimum Gasteiger partial charge on any atom is -0.368 e. The molecule has 0 aliphatic rings. The Morgan fingerprint density at radius 3 is 2.67 bits per heavy atom. The van der Waals surface area contributed by atoms with Gasteiger partial charge in [0.05, 0.1) is 0 Å². The number of aromatic nitrogens is 2. The van der Waals surface area contributed by atoms with Crippen molar-refractivity contribution in [2.45, 2.75) is 33.7 Å². The van der Waals surface area contributed by atoms with Gasteiger partial charge in [0.1, 0.15) is 5.82 Å². The van der Waals surface area contributed by atoms with Crippen molar-refractivity contribution in [1.29, 1.82) is 0 Å². The number of rotatable bonds is 7. The molecule has 0 amide bonds. The minimum absolute atomic E-state index is 0.565. The summed E-state index contributed by atoms with van der Waals surface area (Å²) >= 11 is 0. The van der Waals surface area contributed by atoms with Crippen LogP contribution in [0.25, 0.3) is 0 Å². The van der Waals surface area contributed by atoms with E-state index in [0.29, 0.717) is 12.0 Å². The van der Waals surface area contributed by atoms with Crippen molar-refractivity contribution in [3.8, 4) is 0 Å². The summed E-state index contributed by atoms with van der Waals surface area (Å²) < 4.78 is 0. The highest BCUT2D eigenvalue weighted by Crippen LogP contribution is 2.12. The summed E-state index contributed by atoms with van der Waals surface area (Å²) in [6, 6.07) is 0.565. The molecule has 1 rings (SSSR count). The summed E-state index contributed by atoms with van der Waals surface area (Å²) in [6.07, 6.45) is 1.85. The van der Waals surface area contributed by atoms with Gasteiger partial charge < -0.3 is 15.5 Å². The Hall–Kier alpha value is -1.36. The summed E-state index contributed by atoms with van der Waals surface area (Å²) in [5.74, 6) is 1.60. The largest absolute Gasteiger partial charge is 0.368 e. The molecule has 102 valence electrons. The van der Waals surface area contributed by atoms with Gasteiger partial charge in [0.15, 0.2) is 0 Å². The zero-order valence-corrected chi connectivity index (χ0v) is 12.1. The lowest BCUT2D eigenvalue weighted by Gasteiger charge is -2.21. The van der Waals surface area contributed by atoms with Gasteiger partial charge in [-0.3, -0.25) is 0 Å². The minimum atomic E-state index is 0.565. The molecule has 0 radical (unpaired) electrons. The molecular weight excluding hydrogens is 226 g/mol. The summed E-state index contributed by atoms with van der Waals surface area (Å²) in [6.45, 7) is 11.2. The van der Waals surface area contributed by atoms with Crippen molar-refractivity contribution >= 4 is 11.8 Å². The van der Waals surface area contributed by atoms with E-state index in [1.54, 1.807) is 0 Å². The first-order chi connectivity index (χ1) is 8.54. The van der Waals surface area contributed by atoms with Crippen molar-refractivity contribution in [2.75, 3.05) is 37.3 Å². The number of likely N-dealkylation sites (N-methyl/N-ethyl adjacent to an activating group) is 1. The number of anilines is 2. The van der Waals surface area contributed by atoms with Crippen molar-refractivity contribution in [3.05, 3.63) is 11.8 Å². The van der Waals surface area contributed by atoms with Crippen LogP contribution >= 0.6 is 0 Å². The average molecular weight is 251 g/mol. The third-order valence-electron chi connectivity index (χ3n) is 2.95. The van der Waals surface area contributed by atoms with E-state index >= 15 is 0 Å². The fraction of sp³-hybridized carbons (Fsp3) is 0.692. The molecule has 1 aromatic rings. The second-order valence-electron chi connectivity index (χ2n) is 4.76. The Kier molecular flexibility index (Phi) is 5.85. The standard InChI is InChI=1S/C13H25N5/c1-6-14-13-16-9-11(4)12(17-13)15-7-8-18(5)10(2)3/h9-10H,6-8H2,1-5H3,(H2,14,15,16,17). The van der Waals surface area contributed by atoms with Crippen molar-refractivity contribution in [1.82, 2.24) is 14.9 Å². The molecule has 0 unspecified atom stereocenters. The number of hydrogen-bond acceptors (Lipinski definition) is 5. The van der Waals surface area contributed by atoms with Crippen LogP contribution < -0.4 is 10.6 Å². The topological polar surface area (TPSA) is 53.1 Å². The maximum absolute atomic E-state index is 4.45. The number of aryl methyl sites for hydroxylation is 1. The predicted molar refractivity (Wildman–Crippen MR) is 77.2 cm³/mol. The molecule has 5 nitrogen and oxygen atoms in total. The Morgan fingerprint density at radius 1 is 1.33 bits per heavy atom. The first-order valence-corrected chi connectivity index (χ1v) is 6.56. The zero-order chi connectivity index (χ0) is 13.5. The molecule has 0 fully saturated rings. The van der Waals surface area contributed by atoms with Crippen LogP contribution in [-0.2, 0) is 0 Å². The fourth-order valence-corrected chi connectivity index (χ4v) is 1.47. The summed E-state index contributed by atoms with van der Waals surface area (Å²) in [7, 11) is 2.13. The van der Waals surface area contributed by atoms with Crippen LogP contribution in [0, 0.1) is 6.92 Å². The quantitative estimate of drug-likeness (QED) is 0.776. The van der Waals surface area contributed by atoms with E-state index < -0.39 is 0 Å². The normalized spacial score (nSPS) is 11.1. The maximum atomic E-state index is 4.45. The molecule has 2 N–H and O–H groups in total. The van der Waals surface area contributed by atoms with Crippen LogP contribution in [-0.4, -0.2) is 47.6 Å². The molecular formula is C13H25N5. The van der Waals surface area contributed by atoms with Gasteiger partial charge in [-0.2, -0.15) is 4.98 Å². The van der Waals surface area contributed by atoms with E-state index in [1.165, 1.54) is 0 Å². The molecule has 0 aromatic carbocycles. The van der Waals surface area contributed by atoms with Gasteiger partial charge in [0.25, 0.3) is 0 Å². The number of nitrogens with one attached hydrogen (secondary N) is 2. The van der Waals surface area contributed by atoms with Gasteiger partial charge in [-0.25, -0.2) is 4.98 Å². The molecule has 0 spiro atoms. The average Bonchev–Trinajstić information content (AvgIpc) is 2.33. The van der Waals surface area contributed by atoms with Crippen molar-refractivity contribution < 1.29 is 0 Å². The van der Waals surface area contributed by atoms with E-state index in [9.17, 15) is 0 Å². The molecule has 0 saturated carbocycles. The highest BCUT2D eigenvalue weighted by atomic mass is 15.2. The SMILES string of the molecule is CCNc1ncc(C)c(NCCN(C)C(C)C)n1. The molecule has 0 aliphatic heterocycles. The first-order valence-electron chi connectivity index (χ1n) is 6.56. The van der Waals surface area contributed by atoms with Gasteiger partial charge in [-0.15, -0.1) is 0 Å². The lowest BCUT2D eigenvalue weighted by Crippen LogP contribution is -2.31. The van der Waals surface area contributed by atoms with Gasteiger partial charge >= 0.3 is 0 Å². The number of nitrogens with zero attached hydrogens (tertiary/aromatic N) is 3. The van der Waals surface area contributed by atoms with Gasteiger partial charge in [0.2, 0.25) is 5.95 Å². The lowest BCUT2D eigenvalue weighted by molar-refractivity contribution is 0.284. The fourth-order valence-electron chi connectivity index (χ4n) is 1.47. The smallest absolute Gasteiger partial charge is 0.224 e. The highest BCUT2D eigenvalue weighted by molar-refractivity contribution is 5.46. The Labute approximate surface area is 110 Å². The van der Waals surface area contributed by atoms with E-state index in [4.69, 9.17) is 0 Å². The van der Waals surface area contributed by atoms with E-state index in [-0.39, 0.29) is 0 Å². The molecule has 0 aliphatic carbocycles. The van der Waals surface area contributed by atoms with E-state index in [0.717, 1.165) is 31.0 Å². The summed E-state index contributed by atoms with van der Waals surface area (Å²) in [5.41, 5.74) is 1.07. The van der Waals surface area contributed by atoms with E-state index in [2.05, 4.69) is 46.4 Å². The molecule has 1 heterocycles. The van der Waals surface area contributed by atoms with Gasteiger partial charge in [0, 0.05) is 37.4 Å². The van der Waals surface area contributed by atoms with Crippen LogP contribution in [0.4, 0.5) is 11.8 Å². The third-order valence-corrected chi connectivity index (χ3v) is 2.95. The van der Waals surface area contributed by atoms with Crippen LogP contribution in [0.3, 0.4) is 0 Å². The molecule has 0 atom stereocenters. The molecule has 18 heavy (non-hydrogen) atoms. The van der Waals surface area contributed by atoms with Crippen molar-refractivity contribution in [3.63, 3.8) is 0 Å². The Morgan fingerprint density at radius 2 is 2.06 bits per heavy atom. The van der Waals surface area contributed by atoms with Gasteiger partial charge in [-0.1, -0.05) is 0 Å². The summed E-state index contributed by atoms with van der Waals surface area (Å²) in [4.78, 5) is 11.0. The molecule has 0 saturated heterocycles. The lowest BCUT2D eigenvalue weighted by atomic mass is 10.3. The van der Waals surface area contributed by atoms with Crippen molar-refractivity contribution in [2.24, 2.45) is 0 Å². The predicted octanol–water partition coefficient (Wildman–Crippen LogP) is 1.97. The highest BCUT2D eigenvalue weighted by Gasteiger charge is 2.05. The Balaban J connectivity index is 2.53. The van der Waals surface area contributed by atoms with E-state index in [1.807, 2.05) is 20.0 Å². The zero-order valence-electron chi connectivity index (χ0n) is 12.1. The molecule has 0 bridgehead atoms. The van der Waals surface area contributed by atoms with Crippen LogP contribution in [0.5, 0.6) is 0 Å². The molecule has 5 heteroatoms. The van der Waals surface area contributed by atoms with Crippen LogP contribution in [0.15, 0.2) is 6.20 Å². The second-order valence-corrected chi connectivity index (χ2v) is 4.76. The Bertz CT molecular complexity index is 364. The maximum Gasteiger partial charge on any atom is 0.224 e. The number of hydrogen-bond donors (Lipinski definition) is 2. The monoisotopic (exact) mass is 251 g/mol. The van der Waals surface area contributed by atoms with Gasteiger partial charge in [-0.05, 0) is 34.7 Å².